The van der Waals surface area contributed by atoms with Crippen LogP contribution in [0.2, 0.25) is 0 Å². The van der Waals surface area contributed by atoms with Gasteiger partial charge in [0, 0.05) is 13.1 Å². The van der Waals surface area contributed by atoms with Gasteiger partial charge in [0.05, 0.1) is 6.54 Å². The van der Waals surface area contributed by atoms with E-state index in [0.29, 0.717) is 13.1 Å². The largest absolute Gasteiger partial charge is 0.351 e. The molecule has 0 bridgehead atoms. The Morgan fingerprint density at radius 3 is 2.45 bits per heavy atom. The zero-order valence-electron chi connectivity index (χ0n) is 13.4. The Morgan fingerprint density at radius 1 is 1.05 bits per heavy atom. The Morgan fingerprint density at radius 2 is 1.77 bits per heavy atom. The van der Waals surface area contributed by atoms with Crippen molar-refractivity contribution in [3.63, 3.8) is 0 Å². The Bertz CT molecular complexity index is 595. The second-order valence-corrected chi connectivity index (χ2v) is 5.55. The third kappa shape index (κ3) is 5.34. The number of hydrogen-bond donors (Lipinski definition) is 1. The maximum absolute atomic E-state index is 12.1. The standard InChI is InChI=1S/C19H24N2O/c1-3-21(14-17-9-5-4-6-10-17)15-19(22)20-13-18-11-7-8-16(2)12-18/h4-12H,3,13-15H2,1-2H3,(H,20,22). The van der Waals surface area contributed by atoms with E-state index in [0.717, 1.165) is 18.7 Å². The van der Waals surface area contributed by atoms with Crippen LogP contribution in [0.15, 0.2) is 54.6 Å². The number of amides is 1. The SMILES string of the molecule is CCN(CC(=O)NCc1cccc(C)c1)Cc1ccccc1. The number of likely N-dealkylation sites (N-methyl/N-ethyl adjacent to an activating group) is 1. The van der Waals surface area contributed by atoms with E-state index < -0.39 is 0 Å². The minimum absolute atomic E-state index is 0.0688. The summed E-state index contributed by atoms with van der Waals surface area (Å²) >= 11 is 0. The maximum atomic E-state index is 12.1. The van der Waals surface area contributed by atoms with Crippen molar-refractivity contribution in [2.45, 2.75) is 26.9 Å². The third-order valence-electron chi connectivity index (χ3n) is 3.64. The molecule has 0 aromatic heterocycles. The number of aryl methyl sites for hydroxylation is 1. The van der Waals surface area contributed by atoms with Crippen LogP contribution < -0.4 is 5.32 Å². The molecule has 0 saturated heterocycles. The van der Waals surface area contributed by atoms with Gasteiger partial charge in [-0.05, 0) is 24.6 Å². The van der Waals surface area contributed by atoms with Gasteiger partial charge in [-0.3, -0.25) is 9.69 Å². The van der Waals surface area contributed by atoms with E-state index in [9.17, 15) is 4.79 Å². The molecule has 2 rings (SSSR count). The van der Waals surface area contributed by atoms with Crippen LogP contribution in [0.25, 0.3) is 0 Å². The van der Waals surface area contributed by atoms with Gasteiger partial charge in [-0.15, -0.1) is 0 Å². The van der Waals surface area contributed by atoms with Crippen molar-refractivity contribution in [1.29, 1.82) is 0 Å². The quantitative estimate of drug-likeness (QED) is 0.851. The molecule has 0 spiro atoms. The molecule has 0 aliphatic heterocycles. The molecule has 22 heavy (non-hydrogen) atoms. The number of hydrogen-bond acceptors (Lipinski definition) is 2. The molecule has 3 heteroatoms. The van der Waals surface area contributed by atoms with Gasteiger partial charge >= 0.3 is 0 Å². The fraction of sp³-hybridized carbons (Fsp3) is 0.316. The van der Waals surface area contributed by atoms with Gasteiger partial charge in [-0.25, -0.2) is 0 Å². The first kappa shape index (κ1) is 16.2. The first-order valence-corrected chi connectivity index (χ1v) is 7.76. The molecule has 116 valence electrons. The summed E-state index contributed by atoms with van der Waals surface area (Å²) in [4.78, 5) is 14.2. The lowest BCUT2D eigenvalue weighted by molar-refractivity contribution is -0.122. The van der Waals surface area contributed by atoms with Crippen LogP contribution in [0.3, 0.4) is 0 Å². The van der Waals surface area contributed by atoms with Crippen molar-refractivity contribution >= 4 is 5.91 Å². The molecule has 0 saturated carbocycles. The predicted molar refractivity (Wildman–Crippen MR) is 90.4 cm³/mol. The molecule has 3 nitrogen and oxygen atoms in total. The van der Waals surface area contributed by atoms with Gasteiger partial charge in [-0.1, -0.05) is 67.1 Å². The van der Waals surface area contributed by atoms with Crippen LogP contribution in [-0.2, 0) is 17.9 Å². The highest BCUT2D eigenvalue weighted by atomic mass is 16.2. The van der Waals surface area contributed by atoms with Crippen molar-refractivity contribution < 1.29 is 4.79 Å². The topological polar surface area (TPSA) is 32.3 Å². The highest BCUT2D eigenvalue weighted by Crippen LogP contribution is 2.05. The van der Waals surface area contributed by atoms with E-state index in [1.165, 1.54) is 11.1 Å². The van der Waals surface area contributed by atoms with Crippen molar-refractivity contribution in [1.82, 2.24) is 10.2 Å². The van der Waals surface area contributed by atoms with Crippen LogP contribution >= 0.6 is 0 Å². The molecule has 0 heterocycles. The molecule has 1 amide bonds. The van der Waals surface area contributed by atoms with Crippen LogP contribution in [0, 0.1) is 6.92 Å². The van der Waals surface area contributed by atoms with E-state index in [4.69, 9.17) is 0 Å². The summed E-state index contributed by atoms with van der Waals surface area (Å²) in [6.45, 7) is 6.81. The summed E-state index contributed by atoms with van der Waals surface area (Å²) in [5.74, 6) is 0.0688. The molecular weight excluding hydrogens is 272 g/mol. The molecule has 0 aliphatic rings. The molecule has 0 unspecified atom stereocenters. The lowest BCUT2D eigenvalue weighted by Gasteiger charge is -2.20. The first-order chi connectivity index (χ1) is 10.7. The van der Waals surface area contributed by atoms with Gasteiger partial charge in [0.15, 0.2) is 0 Å². The van der Waals surface area contributed by atoms with Crippen LogP contribution in [0.5, 0.6) is 0 Å². The van der Waals surface area contributed by atoms with E-state index >= 15 is 0 Å². The highest BCUT2D eigenvalue weighted by molar-refractivity contribution is 5.78. The number of carbonyl (C=O) groups is 1. The second kappa shape index (κ2) is 8.35. The Hall–Kier alpha value is -2.13. The van der Waals surface area contributed by atoms with Crippen molar-refractivity contribution in [2.24, 2.45) is 0 Å². The van der Waals surface area contributed by atoms with Crippen molar-refractivity contribution in [3.05, 3.63) is 71.3 Å². The summed E-state index contributed by atoms with van der Waals surface area (Å²) in [7, 11) is 0. The Labute approximate surface area is 133 Å². The number of nitrogens with zero attached hydrogens (tertiary/aromatic N) is 1. The lowest BCUT2D eigenvalue weighted by atomic mass is 10.1. The van der Waals surface area contributed by atoms with Gasteiger partial charge in [0.1, 0.15) is 0 Å². The monoisotopic (exact) mass is 296 g/mol. The molecule has 2 aromatic rings. The fourth-order valence-corrected chi connectivity index (χ4v) is 2.40. The summed E-state index contributed by atoms with van der Waals surface area (Å²) in [6, 6.07) is 18.5. The predicted octanol–water partition coefficient (Wildman–Crippen LogP) is 3.13. The molecule has 0 fully saturated rings. The Balaban J connectivity index is 1.82. The molecule has 0 atom stereocenters. The number of carbonyl (C=O) groups excluding carboxylic acids is 1. The minimum atomic E-state index is 0.0688. The highest BCUT2D eigenvalue weighted by Gasteiger charge is 2.09. The second-order valence-electron chi connectivity index (χ2n) is 5.55. The zero-order chi connectivity index (χ0) is 15.8. The van der Waals surface area contributed by atoms with E-state index in [-0.39, 0.29) is 5.91 Å². The van der Waals surface area contributed by atoms with E-state index in [2.05, 4.69) is 48.3 Å². The zero-order valence-corrected chi connectivity index (χ0v) is 13.4. The van der Waals surface area contributed by atoms with Crippen LogP contribution in [0.4, 0.5) is 0 Å². The van der Waals surface area contributed by atoms with Gasteiger partial charge in [0.2, 0.25) is 5.91 Å². The third-order valence-corrected chi connectivity index (χ3v) is 3.64. The van der Waals surface area contributed by atoms with Crippen LogP contribution in [-0.4, -0.2) is 23.9 Å². The lowest BCUT2D eigenvalue weighted by Crippen LogP contribution is -2.36. The number of rotatable bonds is 7. The van der Waals surface area contributed by atoms with Crippen molar-refractivity contribution in [2.75, 3.05) is 13.1 Å². The molecule has 0 aliphatic carbocycles. The Kier molecular flexibility index (Phi) is 6.16. The van der Waals surface area contributed by atoms with Crippen molar-refractivity contribution in [3.8, 4) is 0 Å². The van der Waals surface area contributed by atoms with E-state index in [1.54, 1.807) is 0 Å². The summed E-state index contributed by atoms with van der Waals surface area (Å²) in [6.07, 6.45) is 0. The first-order valence-electron chi connectivity index (χ1n) is 7.76. The maximum Gasteiger partial charge on any atom is 0.234 e. The molecule has 1 N–H and O–H groups in total. The minimum Gasteiger partial charge on any atom is -0.351 e. The van der Waals surface area contributed by atoms with Gasteiger partial charge < -0.3 is 5.32 Å². The average Bonchev–Trinajstić information content (AvgIpc) is 2.53. The molecular formula is C19H24N2O. The summed E-state index contributed by atoms with van der Waals surface area (Å²) in [5, 5.41) is 3.00. The van der Waals surface area contributed by atoms with Gasteiger partial charge in [-0.2, -0.15) is 0 Å². The molecule has 2 aromatic carbocycles. The normalized spacial score (nSPS) is 10.7. The summed E-state index contributed by atoms with van der Waals surface area (Å²) in [5.41, 5.74) is 3.58. The number of nitrogens with one attached hydrogen (secondary N) is 1. The van der Waals surface area contributed by atoms with Gasteiger partial charge in [0.25, 0.3) is 0 Å². The van der Waals surface area contributed by atoms with E-state index in [1.807, 2.05) is 30.3 Å². The fourth-order valence-electron chi connectivity index (χ4n) is 2.40. The van der Waals surface area contributed by atoms with Crippen LogP contribution in [0.1, 0.15) is 23.6 Å². The summed E-state index contributed by atoms with van der Waals surface area (Å²) < 4.78 is 0. The molecule has 0 radical (unpaired) electrons. The average molecular weight is 296 g/mol. The smallest absolute Gasteiger partial charge is 0.234 e. The number of benzene rings is 2.